The van der Waals surface area contributed by atoms with Crippen molar-refractivity contribution >= 4 is 17.7 Å². The van der Waals surface area contributed by atoms with Crippen molar-refractivity contribution in [2.75, 3.05) is 0 Å². The first kappa shape index (κ1) is 22.0. The van der Waals surface area contributed by atoms with Gasteiger partial charge < -0.3 is 9.64 Å². The molecular weight excluding hydrogens is 458 g/mol. The summed E-state index contributed by atoms with van der Waals surface area (Å²) in [7, 11) is 0. The molecule has 5 fully saturated rings. The summed E-state index contributed by atoms with van der Waals surface area (Å²) in [4.78, 5) is 38.5. The molecule has 1 saturated heterocycles. The second-order valence-electron chi connectivity index (χ2n) is 12.4. The van der Waals surface area contributed by atoms with E-state index in [1.54, 1.807) is 17.0 Å². The average molecular weight is 490 g/mol. The highest BCUT2D eigenvalue weighted by Gasteiger charge is 2.67. The van der Waals surface area contributed by atoms with Gasteiger partial charge in [0.1, 0.15) is 24.1 Å². The number of rotatable bonds is 5. The van der Waals surface area contributed by atoms with Crippen molar-refractivity contribution in [3.05, 3.63) is 41.2 Å². The molecule has 2 aliphatic heterocycles. The molecule has 1 aromatic heterocycles. The third kappa shape index (κ3) is 3.10. The van der Waals surface area contributed by atoms with Gasteiger partial charge in [-0.1, -0.05) is 25.1 Å². The number of fused-ring (bicyclic) bond motifs is 1. The zero-order chi connectivity index (χ0) is 24.9. The summed E-state index contributed by atoms with van der Waals surface area (Å²) in [5.41, 5.74) is 2.97. The minimum absolute atomic E-state index is 0.0682. The summed E-state index contributed by atoms with van der Waals surface area (Å²) in [6.07, 6.45) is 8.81. The number of hydrogen-bond donors (Lipinski definition) is 1. The van der Waals surface area contributed by atoms with Crippen molar-refractivity contribution in [1.29, 1.82) is 0 Å². The Hall–Kier alpha value is -3.23. The van der Waals surface area contributed by atoms with E-state index in [2.05, 4.69) is 34.2 Å². The number of ether oxygens (including phenoxy) is 1. The molecule has 6 aliphatic rings. The highest BCUT2D eigenvalue weighted by molar-refractivity contribution is 6.05. The van der Waals surface area contributed by atoms with Crippen LogP contribution in [0.3, 0.4) is 0 Å². The maximum atomic E-state index is 13.1. The second-order valence-corrected chi connectivity index (χ2v) is 12.4. The Balaban J connectivity index is 1.08. The summed E-state index contributed by atoms with van der Waals surface area (Å²) in [5.74, 6) is 0.477. The molecule has 1 N–H and O–H groups in total. The van der Waals surface area contributed by atoms with Gasteiger partial charge in [0.05, 0.1) is 18.3 Å². The van der Waals surface area contributed by atoms with Gasteiger partial charge in [-0.15, -0.1) is 5.10 Å². The van der Waals surface area contributed by atoms with Crippen LogP contribution in [0.5, 0.6) is 5.75 Å². The number of nitrogens with zero attached hydrogens (tertiary/aromatic N) is 4. The van der Waals surface area contributed by atoms with Crippen molar-refractivity contribution < 1.29 is 19.1 Å². The van der Waals surface area contributed by atoms with E-state index >= 15 is 0 Å². The van der Waals surface area contributed by atoms with Gasteiger partial charge in [-0.3, -0.25) is 19.7 Å². The van der Waals surface area contributed by atoms with Crippen molar-refractivity contribution in [3.8, 4) is 5.75 Å². The Bertz CT molecular complexity index is 1320. The molecule has 188 valence electrons. The molecule has 3 amide bonds. The third-order valence-corrected chi connectivity index (χ3v) is 9.61. The Kier molecular flexibility index (Phi) is 4.38. The lowest BCUT2D eigenvalue weighted by Gasteiger charge is -2.45. The van der Waals surface area contributed by atoms with Crippen LogP contribution in [0, 0.1) is 16.7 Å². The van der Waals surface area contributed by atoms with Crippen LogP contribution in [0.15, 0.2) is 24.4 Å². The van der Waals surface area contributed by atoms with Gasteiger partial charge in [-0.05, 0) is 67.4 Å². The number of hydrogen-bond acceptors (Lipinski definition) is 6. The van der Waals surface area contributed by atoms with Gasteiger partial charge in [0.2, 0.25) is 11.8 Å². The molecule has 8 rings (SSSR count). The zero-order valence-corrected chi connectivity index (χ0v) is 20.7. The predicted octanol–water partition coefficient (Wildman–Crippen LogP) is 2.93. The lowest BCUT2D eigenvalue weighted by molar-refractivity contribution is -0.136. The number of imide groups is 1. The van der Waals surface area contributed by atoms with Crippen LogP contribution in [-0.4, -0.2) is 43.7 Å². The smallest absolute Gasteiger partial charge is 0.255 e. The molecular formula is C27H31N5O4. The van der Waals surface area contributed by atoms with Crippen LogP contribution < -0.4 is 10.1 Å². The van der Waals surface area contributed by atoms with E-state index in [1.165, 1.54) is 32.1 Å². The monoisotopic (exact) mass is 489 g/mol. The minimum atomic E-state index is -0.643. The zero-order valence-electron chi connectivity index (χ0n) is 20.7. The van der Waals surface area contributed by atoms with Crippen LogP contribution in [0.25, 0.3) is 0 Å². The third-order valence-electron chi connectivity index (χ3n) is 9.61. The number of piperidine rings is 1. The highest BCUT2D eigenvalue weighted by atomic mass is 16.5. The van der Waals surface area contributed by atoms with Gasteiger partial charge in [0.25, 0.3) is 5.91 Å². The van der Waals surface area contributed by atoms with Crippen LogP contribution in [0.1, 0.15) is 80.4 Å². The predicted molar refractivity (Wildman–Crippen MR) is 128 cm³/mol. The number of amides is 3. The molecule has 4 saturated carbocycles. The van der Waals surface area contributed by atoms with Gasteiger partial charge in [-0.2, -0.15) is 0 Å². The van der Waals surface area contributed by atoms with E-state index in [4.69, 9.17) is 4.74 Å². The molecule has 3 heterocycles. The molecule has 0 spiro atoms. The van der Waals surface area contributed by atoms with E-state index in [0.29, 0.717) is 28.6 Å². The number of benzene rings is 1. The first-order valence-electron chi connectivity index (χ1n) is 13.0. The van der Waals surface area contributed by atoms with Gasteiger partial charge in [0.15, 0.2) is 0 Å². The van der Waals surface area contributed by atoms with E-state index in [1.807, 2.05) is 12.3 Å². The molecule has 4 aliphatic carbocycles. The SMILES string of the molecule is C[C@]12CC3CC(n4cc(COc5cccc6c5CN(C5CCC(=O)NC5=O)C6=O)nn4)(C1)C[C@]3(C)C2. The summed E-state index contributed by atoms with van der Waals surface area (Å²) >= 11 is 0. The quantitative estimate of drug-likeness (QED) is 0.648. The van der Waals surface area contributed by atoms with Crippen molar-refractivity contribution in [3.63, 3.8) is 0 Å². The number of aromatic nitrogens is 3. The number of carbonyl (C=O) groups excluding carboxylic acids is 3. The average Bonchev–Trinajstić information content (AvgIpc) is 3.51. The van der Waals surface area contributed by atoms with Crippen LogP contribution in [0.4, 0.5) is 0 Å². The van der Waals surface area contributed by atoms with Gasteiger partial charge in [0, 0.05) is 17.5 Å². The number of nitrogens with one attached hydrogen (secondary N) is 1. The molecule has 9 heteroatoms. The van der Waals surface area contributed by atoms with Gasteiger partial charge >= 0.3 is 0 Å². The Morgan fingerprint density at radius 2 is 2.00 bits per heavy atom. The fourth-order valence-corrected chi connectivity index (χ4v) is 8.60. The molecule has 9 nitrogen and oxygen atoms in total. The fourth-order valence-electron chi connectivity index (χ4n) is 8.60. The highest BCUT2D eigenvalue weighted by Crippen LogP contribution is 2.73. The molecule has 4 bridgehead atoms. The largest absolute Gasteiger partial charge is 0.487 e. The van der Waals surface area contributed by atoms with E-state index in [-0.39, 0.29) is 36.9 Å². The van der Waals surface area contributed by atoms with Gasteiger partial charge in [-0.25, -0.2) is 4.68 Å². The lowest BCUT2D eigenvalue weighted by Crippen LogP contribution is -2.52. The van der Waals surface area contributed by atoms with Crippen LogP contribution in [0.2, 0.25) is 0 Å². The summed E-state index contributed by atoms with van der Waals surface area (Å²) in [6.45, 7) is 5.44. The van der Waals surface area contributed by atoms with Crippen molar-refractivity contribution in [2.45, 2.75) is 83.5 Å². The van der Waals surface area contributed by atoms with Crippen molar-refractivity contribution in [2.24, 2.45) is 16.7 Å². The first-order chi connectivity index (χ1) is 17.2. The fraction of sp³-hybridized carbons (Fsp3) is 0.593. The summed E-state index contributed by atoms with van der Waals surface area (Å²) in [5, 5.41) is 11.4. The second kappa shape index (κ2) is 7.17. The molecule has 2 aromatic rings. The maximum absolute atomic E-state index is 13.1. The first-order valence-corrected chi connectivity index (χ1v) is 13.0. The van der Waals surface area contributed by atoms with Crippen LogP contribution >= 0.6 is 0 Å². The Morgan fingerprint density at radius 3 is 2.78 bits per heavy atom. The summed E-state index contributed by atoms with van der Waals surface area (Å²) in [6, 6.07) is 4.76. The molecule has 3 unspecified atom stereocenters. The molecule has 36 heavy (non-hydrogen) atoms. The maximum Gasteiger partial charge on any atom is 0.255 e. The minimum Gasteiger partial charge on any atom is -0.487 e. The standard InChI is InChI=1S/C27H31N5O4/c1-25-8-16-9-27(14-25,15-26(16,2)13-25)32-10-17(29-30-32)12-36-21-5-3-4-18-19(21)11-31(24(18)35)20-6-7-22(33)28-23(20)34/h3-5,10,16,20H,6-9,11-15H2,1-2H3,(H,28,33,34)/t16?,20?,25-,26+,27?/m1/s1. The van der Waals surface area contributed by atoms with Crippen LogP contribution in [-0.2, 0) is 28.3 Å². The topological polar surface area (TPSA) is 106 Å². The molecule has 0 radical (unpaired) electrons. The lowest BCUT2D eigenvalue weighted by atomic mass is 9.65. The van der Waals surface area contributed by atoms with E-state index in [9.17, 15) is 14.4 Å². The van der Waals surface area contributed by atoms with Crippen molar-refractivity contribution in [1.82, 2.24) is 25.2 Å². The van der Waals surface area contributed by atoms with E-state index in [0.717, 1.165) is 17.2 Å². The summed E-state index contributed by atoms with van der Waals surface area (Å²) < 4.78 is 8.28. The number of carbonyl (C=O) groups is 3. The normalized spacial score (nSPS) is 36.5. The Morgan fingerprint density at radius 1 is 1.14 bits per heavy atom. The van der Waals surface area contributed by atoms with E-state index < -0.39 is 11.9 Å². The molecule has 5 atom stereocenters. The molecule has 1 aromatic carbocycles. The Labute approximate surface area is 209 Å².